The molecule has 0 aromatic heterocycles. The summed E-state index contributed by atoms with van der Waals surface area (Å²) >= 11 is 6.40. The van der Waals surface area contributed by atoms with Crippen molar-refractivity contribution in [3.05, 3.63) is 77.3 Å². The van der Waals surface area contributed by atoms with E-state index >= 15 is 0 Å². The van der Waals surface area contributed by atoms with Crippen LogP contribution < -0.4 is 5.32 Å². The number of rotatable bonds is 5. The molecular formula is C24H18ClNO4S2. The van der Waals surface area contributed by atoms with Crippen LogP contribution in [-0.4, -0.2) is 23.6 Å². The van der Waals surface area contributed by atoms with E-state index in [9.17, 15) is 18.0 Å². The highest BCUT2D eigenvalue weighted by atomic mass is 35.5. The Labute approximate surface area is 195 Å². The number of halogens is 1. The van der Waals surface area contributed by atoms with Gasteiger partial charge in [-0.25, -0.2) is 8.42 Å². The smallest absolute Gasteiger partial charge is 0.285 e. The number of carbonyl (C=O) groups is 2. The van der Waals surface area contributed by atoms with Crippen molar-refractivity contribution >= 4 is 55.1 Å². The molecule has 1 saturated heterocycles. The topological polar surface area (TPSA) is 80.3 Å². The molecule has 32 heavy (non-hydrogen) atoms. The normalized spacial score (nSPS) is 18.3. The van der Waals surface area contributed by atoms with Gasteiger partial charge in [-0.3, -0.25) is 14.9 Å². The summed E-state index contributed by atoms with van der Waals surface area (Å²) in [6, 6.07) is 19.1. The Morgan fingerprint density at radius 1 is 0.969 bits per heavy atom. The molecule has 3 aromatic carbocycles. The van der Waals surface area contributed by atoms with Crippen LogP contribution in [-0.2, 0) is 14.6 Å². The van der Waals surface area contributed by atoms with E-state index in [1.807, 2.05) is 18.2 Å². The standard InChI is InChI=1S/C24H18ClNO4S2/c25-20-12-9-17(10-13-20)6-2-1-5-15-24(22(27)26-23(28)31-24)32(29,30)21-14-11-18-7-3-4-8-19(18)16-21/h3-4,7-14,16H,1,5,15H2,(H,26,27,28). The van der Waals surface area contributed by atoms with Crippen LogP contribution in [0.15, 0.2) is 71.6 Å². The molecule has 5 nitrogen and oxygen atoms in total. The summed E-state index contributed by atoms with van der Waals surface area (Å²) in [4.78, 5) is 24.7. The van der Waals surface area contributed by atoms with Crippen molar-refractivity contribution in [1.82, 2.24) is 5.32 Å². The summed E-state index contributed by atoms with van der Waals surface area (Å²) in [5.74, 6) is 5.18. The molecule has 0 spiro atoms. The van der Waals surface area contributed by atoms with Gasteiger partial charge in [-0.2, -0.15) is 0 Å². The van der Waals surface area contributed by atoms with E-state index in [2.05, 4.69) is 17.2 Å². The second-order valence-corrected chi connectivity index (χ2v) is 11.4. The lowest BCUT2D eigenvalue weighted by atomic mass is 10.1. The molecule has 162 valence electrons. The fourth-order valence-electron chi connectivity index (χ4n) is 3.52. The third kappa shape index (κ3) is 4.26. The maximum atomic E-state index is 13.6. The zero-order chi connectivity index (χ0) is 22.8. The SMILES string of the molecule is O=C1NC(=O)C(CCCC#Cc2ccc(Cl)cc2)(S(=O)(=O)c2ccc3ccccc3c2)S1. The minimum Gasteiger partial charge on any atom is -0.285 e. The first kappa shape index (κ1) is 22.4. The molecule has 1 atom stereocenters. The lowest BCUT2D eigenvalue weighted by Gasteiger charge is -2.24. The molecule has 0 saturated carbocycles. The molecule has 1 aliphatic rings. The molecule has 2 amide bonds. The summed E-state index contributed by atoms with van der Waals surface area (Å²) in [6.45, 7) is 0. The molecule has 1 fully saturated rings. The van der Waals surface area contributed by atoms with Gasteiger partial charge in [0.05, 0.1) is 4.90 Å². The molecule has 1 aliphatic heterocycles. The molecule has 0 bridgehead atoms. The van der Waals surface area contributed by atoms with Crippen LogP contribution in [0, 0.1) is 11.8 Å². The van der Waals surface area contributed by atoms with E-state index in [-0.39, 0.29) is 11.3 Å². The highest BCUT2D eigenvalue weighted by Gasteiger charge is 2.57. The summed E-state index contributed by atoms with van der Waals surface area (Å²) in [6.07, 6.45) is 0.681. The highest BCUT2D eigenvalue weighted by Crippen LogP contribution is 2.44. The molecule has 1 unspecified atom stereocenters. The number of carbonyl (C=O) groups excluding carboxylic acids is 2. The van der Waals surface area contributed by atoms with Gasteiger partial charge in [-0.1, -0.05) is 53.8 Å². The number of nitrogens with one attached hydrogen (secondary N) is 1. The molecule has 0 radical (unpaired) electrons. The van der Waals surface area contributed by atoms with E-state index in [1.54, 1.807) is 42.5 Å². The average Bonchev–Trinajstić information content (AvgIpc) is 3.08. The number of amides is 2. The van der Waals surface area contributed by atoms with Crippen LogP contribution in [0.4, 0.5) is 4.79 Å². The minimum absolute atomic E-state index is 0.0146. The van der Waals surface area contributed by atoms with E-state index < -0.39 is 25.1 Å². The van der Waals surface area contributed by atoms with Crippen LogP contribution in [0.25, 0.3) is 10.8 Å². The van der Waals surface area contributed by atoms with Crippen LogP contribution in [0.5, 0.6) is 0 Å². The monoisotopic (exact) mass is 483 g/mol. The minimum atomic E-state index is -4.15. The third-order valence-electron chi connectivity index (χ3n) is 5.17. The maximum Gasteiger partial charge on any atom is 0.287 e. The third-order valence-corrected chi connectivity index (χ3v) is 9.47. The number of fused-ring (bicyclic) bond motifs is 1. The molecule has 0 aliphatic carbocycles. The van der Waals surface area contributed by atoms with Crippen molar-refractivity contribution in [2.75, 3.05) is 0 Å². The highest BCUT2D eigenvalue weighted by molar-refractivity contribution is 8.25. The van der Waals surface area contributed by atoms with E-state index in [1.165, 1.54) is 6.07 Å². The Bertz CT molecular complexity index is 1370. The maximum absolute atomic E-state index is 13.6. The Hall–Kier alpha value is -2.79. The lowest BCUT2D eigenvalue weighted by molar-refractivity contribution is -0.120. The summed E-state index contributed by atoms with van der Waals surface area (Å²) in [5, 5.41) is 3.74. The average molecular weight is 484 g/mol. The Balaban J connectivity index is 1.59. The number of sulfone groups is 1. The van der Waals surface area contributed by atoms with Gasteiger partial charge in [-0.05, 0) is 71.8 Å². The first-order valence-electron chi connectivity index (χ1n) is 9.84. The van der Waals surface area contributed by atoms with Gasteiger partial charge < -0.3 is 0 Å². The fourth-order valence-corrected chi connectivity index (χ4v) is 7.05. The molecule has 1 N–H and O–H groups in total. The molecule has 4 rings (SSSR count). The van der Waals surface area contributed by atoms with Gasteiger partial charge >= 0.3 is 0 Å². The number of imide groups is 1. The van der Waals surface area contributed by atoms with E-state index in [4.69, 9.17) is 11.6 Å². The second-order valence-electron chi connectivity index (χ2n) is 7.27. The zero-order valence-corrected chi connectivity index (χ0v) is 19.2. The first-order valence-corrected chi connectivity index (χ1v) is 12.5. The second kappa shape index (κ2) is 8.99. The van der Waals surface area contributed by atoms with Gasteiger partial charge in [-0.15, -0.1) is 0 Å². The Kier molecular flexibility index (Phi) is 6.29. The molecule has 8 heteroatoms. The van der Waals surface area contributed by atoms with Gasteiger partial charge in [0.2, 0.25) is 13.9 Å². The van der Waals surface area contributed by atoms with Gasteiger partial charge in [0, 0.05) is 17.0 Å². The number of thioether (sulfide) groups is 1. The number of hydrogen-bond donors (Lipinski definition) is 1. The number of hydrogen-bond acceptors (Lipinski definition) is 5. The summed E-state index contributed by atoms with van der Waals surface area (Å²) < 4.78 is 25.3. The Morgan fingerprint density at radius 2 is 1.69 bits per heavy atom. The molecule has 3 aromatic rings. The van der Waals surface area contributed by atoms with Crippen molar-refractivity contribution in [3.63, 3.8) is 0 Å². The molecule has 1 heterocycles. The van der Waals surface area contributed by atoms with Crippen molar-refractivity contribution in [2.24, 2.45) is 0 Å². The Morgan fingerprint density at radius 3 is 2.38 bits per heavy atom. The van der Waals surface area contributed by atoms with Crippen LogP contribution >= 0.6 is 23.4 Å². The number of unbranched alkanes of at least 4 members (excludes halogenated alkanes) is 1. The quantitative estimate of drug-likeness (QED) is 0.400. The fraction of sp³-hybridized carbons (Fsp3) is 0.167. The molecular weight excluding hydrogens is 466 g/mol. The van der Waals surface area contributed by atoms with Crippen LogP contribution in [0.1, 0.15) is 24.8 Å². The van der Waals surface area contributed by atoms with E-state index in [0.29, 0.717) is 29.6 Å². The first-order chi connectivity index (χ1) is 15.3. The predicted octanol–water partition coefficient (Wildman–Crippen LogP) is 5.17. The lowest BCUT2D eigenvalue weighted by Crippen LogP contribution is -2.43. The van der Waals surface area contributed by atoms with Gasteiger partial charge in [0.1, 0.15) is 0 Å². The van der Waals surface area contributed by atoms with E-state index in [0.717, 1.165) is 16.3 Å². The van der Waals surface area contributed by atoms with Crippen molar-refractivity contribution < 1.29 is 18.0 Å². The largest absolute Gasteiger partial charge is 0.287 e. The van der Waals surface area contributed by atoms with Crippen molar-refractivity contribution in [1.29, 1.82) is 0 Å². The van der Waals surface area contributed by atoms with Crippen LogP contribution in [0.3, 0.4) is 0 Å². The van der Waals surface area contributed by atoms with Crippen LogP contribution in [0.2, 0.25) is 5.02 Å². The van der Waals surface area contributed by atoms with Crippen molar-refractivity contribution in [2.45, 2.75) is 28.2 Å². The zero-order valence-electron chi connectivity index (χ0n) is 16.8. The predicted molar refractivity (Wildman–Crippen MR) is 127 cm³/mol. The van der Waals surface area contributed by atoms with Gasteiger partial charge in [0.15, 0.2) is 0 Å². The summed E-state index contributed by atoms with van der Waals surface area (Å²) in [5.41, 5.74) is 0.788. The van der Waals surface area contributed by atoms with Crippen molar-refractivity contribution in [3.8, 4) is 11.8 Å². The number of benzene rings is 3. The van der Waals surface area contributed by atoms with Gasteiger partial charge in [0.25, 0.3) is 11.1 Å². The summed E-state index contributed by atoms with van der Waals surface area (Å²) in [7, 11) is -4.15.